The summed E-state index contributed by atoms with van der Waals surface area (Å²) < 4.78 is 2.14. The van der Waals surface area contributed by atoms with Crippen molar-refractivity contribution in [3.63, 3.8) is 0 Å². The molecule has 0 saturated carbocycles. The van der Waals surface area contributed by atoms with Crippen molar-refractivity contribution in [1.29, 1.82) is 0 Å². The first-order valence-electron chi connectivity index (χ1n) is 8.46. The quantitative estimate of drug-likeness (QED) is 0.434. The second kappa shape index (κ2) is 10.2. The van der Waals surface area contributed by atoms with E-state index in [1.54, 1.807) is 18.3 Å². The molecule has 148 valence electrons. The largest absolute Gasteiger partial charge is 0.480 e. The Morgan fingerprint density at radius 2 is 1.75 bits per heavy atom. The van der Waals surface area contributed by atoms with Crippen LogP contribution in [0.2, 0.25) is 0 Å². The number of carboxylic acids is 2. The lowest BCUT2D eigenvalue weighted by atomic mass is 10.1. The van der Waals surface area contributed by atoms with E-state index >= 15 is 0 Å². The number of rotatable bonds is 6. The number of aliphatic carboxylic acids is 2. The Bertz CT molecular complexity index is 943. The maximum absolute atomic E-state index is 10.7. The molecule has 0 aliphatic rings. The molecule has 0 bridgehead atoms. The number of anilines is 1. The minimum Gasteiger partial charge on any atom is -0.480 e. The van der Waals surface area contributed by atoms with E-state index in [0.717, 1.165) is 25.8 Å². The molecule has 2 aromatic carbocycles. The summed E-state index contributed by atoms with van der Waals surface area (Å²) in [6, 6.07) is 14.0. The van der Waals surface area contributed by atoms with Gasteiger partial charge in [0.2, 0.25) is 0 Å². The number of hydrogen-bond donors (Lipinski definition) is 4. The van der Waals surface area contributed by atoms with E-state index in [0.29, 0.717) is 6.42 Å². The first-order chi connectivity index (χ1) is 13.3. The number of fused-ring (bicyclic) bond motifs is 1. The summed E-state index contributed by atoms with van der Waals surface area (Å²) >= 11 is 4.91. The highest BCUT2D eigenvalue weighted by atomic mass is 79.9. The third kappa shape index (κ3) is 6.33. The smallest absolute Gasteiger partial charge is 0.325 e. The molecule has 0 amide bonds. The summed E-state index contributed by atoms with van der Waals surface area (Å²) in [5.41, 5.74) is 7.20. The SMILES string of the molecule is CC(Nc1csc2ccccc12)C(=O)O.NC(Cc1ccc(Br)cc1)C(=O)O. The van der Waals surface area contributed by atoms with Gasteiger partial charge in [-0.2, -0.15) is 0 Å². The van der Waals surface area contributed by atoms with E-state index in [9.17, 15) is 9.59 Å². The van der Waals surface area contributed by atoms with Crippen molar-refractivity contribution >= 4 is 55.0 Å². The molecule has 1 heterocycles. The van der Waals surface area contributed by atoms with E-state index in [4.69, 9.17) is 15.9 Å². The van der Waals surface area contributed by atoms with Crippen LogP contribution in [0.4, 0.5) is 5.69 Å². The number of benzene rings is 2. The first kappa shape index (κ1) is 21.9. The van der Waals surface area contributed by atoms with E-state index in [1.165, 1.54) is 0 Å². The van der Waals surface area contributed by atoms with Gasteiger partial charge in [0.1, 0.15) is 12.1 Å². The van der Waals surface area contributed by atoms with Crippen LogP contribution >= 0.6 is 27.3 Å². The molecule has 0 aliphatic heterocycles. The molecule has 0 saturated heterocycles. The van der Waals surface area contributed by atoms with Crippen molar-refractivity contribution in [2.24, 2.45) is 5.73 Å². The van der Waals surface area contributed by atoms with Crippen LogP contribution < -0.4 is 11.1 Å². The van der Waals surface area contributed by atoms with Crippen LogP contribution in [0.3, 0.4) is 0 Å². The number of carboxylic acid groups (broad SMARTS) is 2. The van der Waals surface area contributed by atoms with Gasteiger partial charge in [-0.3, -0.25) is 9.59 Å². The van der Waals surface area contributed by atoms with Crippen LogP contribution in [-0.2, 0) is 16.0 Å². The van der Waals surface area contributed by atoms with Gasteiger partial charge in [0, 0.05) is 19.9 Å². The van der Waals surface area contributed by atoms with Crippen LogP contribution in [0.1, 0.15) is 12.5 Å². The molecule has 3 aromatic rings. The van der Waals surface area contributed by atoms with Crippen LogP contribution in [0.25, 0.3) is 10.1 Å². The van der Waals surface area contributed by atoms with Gasteiger partial charge >= 0.3 is 11.9 Å². The van der Waals surface area contributed by atoms with Crippen molar-refractivity contribution < 1.29 is 19.8 Å². The zero-order chi connectivity index (χ0) is 20.7. The maximum Gasteiger partial charge on any atom is 0.325 e. The van der Waals surface area contributed by atoms with E-state index < -0.39 is 24.0 Å². The molecule has 2 unspecified atom stereocenters. The summed E-state index contributed by atoms with van der Waals surface area (Å²) in [6.07, 6.45) is 0.364. The Hall–Kier alpha value is -2.42. The fourth-order valence-corrected chi connectivity index (χ4v) is 3.51. The fourth-order valence-electron chi connectivity index (χ4n) is 2.35. The average Bonchev–Trinajstić information content (AvgIpc) is 3.07. The molecule has 2 atom stereocenters. The van der Waals surface area contributed by atoms with Gasteiger partial charge < -0.3 is 21.3 Å². The van der Waals surface area contributed by atoms with Crippen LogP contribution in [-0.4, -0.2) is 34.2 Å². The monoisotopic (exact) mass is 464 g/mol. The zero-order valence-electron chi connectivity index (χ0n) is 15.1. The second-order valence-corrected chi connectivity index (χ2v) is 7.95. The standard InChI is InChI=1S/C11H11NO2S.C9H10BrNO2/c1-7(11(13)14)12-9-6-15-10-5-3-2-4-8(9)10;10-7-3-1-6(2-4-7)5-8(11)9(12)13/h2-7,12H,1H3,(H,13,14);1-4,8H,5,11H2,(H,12,13). The van der Waals surface area contributed by atoms with Gasteiger partial charge in [-0.05, 0) is 37.1 Å². The average molecular weight is 465 g/mol. The second-order valence-electron chi connectivity index (χ2n) is 6.13. The highest BCUT2D eigenvalue weighted by Crippen LogP contribution is 2.30. The highest BCUT2D eigenvalue weighted by Gasteiger charge is 2.12. The molecule has 3 rings (SSSR count). The highest BCUT2D eigenvalue weighted by molar-refractivity contribution is 9.10. The van der Waals surface area contributed by atoms with Crippen LogP contribution in [0, 0.1) is 0 Å². The van der Waals surface area contributed by atoms with Crippen molar-refractivity contribution in [3.8, 4) is 0 Å². The lowest BCUT2D eigenvalue weighted by Crippen LogP contribution is -2.32. The molecule has 6 nitrogen and oxygen atoms in total. The Morgan fingerprint density at radius 1 is 1.11 bits per heavy atom. The van der Waals surface area contributed by atoms with Crippen molar-refractivity contribution in [2.45, 2.75) is 25.4 Å². The lowest BCUT2D eigenvalue weighted by molar-refractivity contribution is -0.139. The summed E-state index contributed by atoms with van der Waals surface area (Å²) in [7, 11) is 0. The van der Waals surface area contributed by atoms with Gasteiger partial charge in [0.05, 0.1) is 5.69 Å². The number of nitrogens with two attached hydrogens (primary N) is 1. The number of carbonyl (C=O) groups is 2. The van der Waals surface area contributed by atoms with Gasteiger partial charge in [0.15, 0.2) is 0 Å². The van der Waals surface area contributed by atoms with E-state index in [1.807, 2.05) is 53.9 Å². The third-order valence-corrected chi connectivity index (χ3v) is 5.40. The Balaban J connectivity index is 0.000000203. The Kier molecular flexibility index (Phi) is 7.98. The first-order valence-corrected chi connectivity index (χ1v) is 10.1. The molecule has 5 N–H and O–H groups in total. The molecular weight excluding hydrogens is 444 g/mol. The molecule has 28 heavy (non-hydrogen) atoms. The third-order valence-electron chi connectivity index (χ3n) is 3.91. The summed E-state index contributed by atoms with van der Waals surface area (Å²) in [4.78, 5) is 21.1. The molecule has 0 fully saturated rings. The molecule has 8 heteroatoms. The lowest BCUT2D eigenvalue weighted by Gasteiger charge is -2.09. The number of halogens is 1. The number of hydrogen-bond acceptors (Lipinski definition) is 5. The summed E-state index contributed by atoms with van der Waals surface area (Å²) in [5.74, 6) is -1.81. The topological polar surface area (TPSA) is 113 Å². The fraction of sp³-hybridized carbons (Fsp3) is 0.200. The number of nitrogens with one attached hydrogen (secondary N) is 1. The van der Waals surface area contributed by atoms with Crippen LogP contribution in [0.5, 0.6) is 0 Å². The zero-order valence-corrected chi connectivity index (χ0v) is 17.5. The van der Waals surface area contributed by atoms with Gasteiger partial charge in [-0.25, -0.2) is 0 Å². The van der Waals surface area contributed by atoms with Gasteiger partial charge in [0.25, 0.3) is 0 Å². The Labute approximate surface area is 175 Å². The predicted octanol–water partition coefficient (Wildman–Crippen LogP) is 4.19. The normalized spacial score (nSPS) is 12.5. The summed E-state index contributed by atoms with van der Waals surface area (Å²) in [5, 5.41) is 23.4. The molecule has 0 spiro atoms. The van der Waals surface area contributed by atoms with Crippen LogP contribution in [0.15, 0.2) is 58.4 Å². The molecule has 1 aromatic heterocycles. The minimum atomic E-state index is -0.970. The molecule has 0 radical (unpaired) electrons. The van der Waals surface area contributed by atoms with Gasteiger partial charge in [-0.1, -0.05) is 46.3 Å². The van der Waals surface area contributed by atoms with Crippen molar-refractivity contribution in [2.75, 3.05) is 5.32 Å². The molecular formula is C20H21BrN2O4S. The summed E-state index contributed by atoms with van der Waals surface area (Å²) in [6.45, 7) is 1.63. The van der Waals surface area contributed by atoms with Crippen molar-refractivity contribution in [1.82, 2.24) is 0 Å². The van der Waals surface area contributed by atoms with Gasteiger partial charge in [-0.15, -0.1) is 11.3 Å². The van der Waals surface area contributed by atoms with E-state index in [2.05, 4.69) is 21.2 Å². The Morgan fingerprint density at radius 3 is 2.36 bits per heavy atom. The maximum atomic E-state index is 10.7. The minimum absolute atomic E-state index is 0.364. The number of thiophene rings is 1. The molecule has 0 aliphatic carbocycles. The predicted molar refractivity (Wildman–Crippen MR) is 116 cm³/mol. The van der Waals surface area contributed by atoms with Crippen molar-refractivity contribution in [3.05, 3.63) is 63.9 Å². The van der Waals surface area contributed by atoms with E-state index in [-0.39, 0.29) is 0 Å².